The minimum Gasteiger partial charge on any atom is -0.479 e. The quantitative estimate of drug-likeness (QED) is 0.860. The summed E-state index contributed by atoms with van der Waals surface area (Å²) in [4.78, 5) is 12.0. The van der Waals surface area contributed by atoms with E-state index in [2.05, 4.69) is 5.32 Å². The van der Waals surface area contributed by atoms with Crippen molar-refractivity contribution in [1.29, 1.82) is 0 Å². The summed E-state index contributed by atoms with van der Waals surface area (Å²) < 4.78 is 5.55. The van der Waals surface area contributed by atoms with Gasteiger partial charge in [-0.25, -0.2) is 0 Å². The molecule has 0 fully saturated rings. The van der Waals surface area contributed by atoms with E-state index in [4.69, 9.17) is 27.9 Å². The number of hydrogen-bond donors (Lipinski definition) is 1. The minimum absolute atomic E-state index is 0.148. The highest BCUT2D eigenvalue weighted by molar-refractivity contribution is 6.42. The Kier molecular flexibility index (Phi) is 6.46. The topological polar surface area (TPSA) is 38.3 Å². The van der Waals surface area contributed by atoms with Crippen LogP contribution in [0.15, 0.2) is 18.2 Å². The fourth-order valence-corrected chi connectivity index (χ4v) is 1.97. The maximum Gasteiger partial charge on any atom is 0.260 e. The van der Waals surface area contributed by atoms with Crippen LogP contribution in [0.5, 0.6) is 5.75 Å². The summed E-state index contributed by atoms with van der Waals surface area (Å²) in [6.45, 7) is 5.76. The summed E-state index contributed by atoms with van der Waals surface area (Å²) in [7, 11) is 0. The monoisotopic (exact) mass is 303 g/mol. The van der Waals surface area contributed by atoms with Gasteiger partial charge < -0.3 is 10.1 Å². The van der Waals surface area contributed by atoms with E-state index >= 15 is 0 Å². The Balaban J connectivity index is 2.66. The van der Waals surface area contributed by atoms with Crippen molar-refractivity contribution in [3.8, 4) is 5.75 Å². The van der Waals surface area contributed by atoms with Crippen molar-refractivity contribution in [3.05, 3.63) is 28.2 Å². The zero-order chi connectivity index (χ0) is 14.4. The van der Waals surface area contributed by atoms with Gasteiger partial charge in [-0.05, 0) is 31.9 Å². The van der Waals surface area contributed by atoms with Gasteiger partial charge in [-0.1, -0.05) is 43.1 Å². The predicted octanol–water partition coefficient (Wildman–Crippen LogP) is 4.07. The second-order valence-electron chi connectivity index (χ2n) is 4.33. The summed E-state index contributed by atoms with van der Waals surface area (Å²) in [6.07, 6.45) is 1.18. The molecule has 1 rings (SSSR count). The lowest BCUT2D eigenvalue weighted by atomic mass is 10.1. The summed E-state index contributed by atoms with van der Waals surface area (Å²) in [6, 6.07) is 5.27. The van der Waals surface area contributed by atoms with Gasteiger partial charge in [-0.2, -0.15) is 0 Å². The molecule has 19 heavy (non-hydrogen) atoms. The molecule has 0 aliphatic carbocycles. The Morgan fingerprint density at radius 2 is 1.95 bits per heavy atom. The highest BCUT2D eigenvalue weighted by Crippen LogP contribution is 2.32. The molecular formula is C14H19Cl2NO2. The van der Waals surface area contributed by atoms with Crippen molar-refractivity contribution in [2.75, 3.05) is 0 Å². The molecule has 1 atom stereocenters. The summed E-state index contributed by atoms with van der Waals surface area (Å²) in [5.74, 6) is 0.270. The number of nitrogens with one attached hydrogen (secondary N) is 1. The number of ether oxygens (including phenoxy) is 1. The third-order valence-corrected chi connectivity index (χ3v) is 3.72. The van der Waals surface area contributed by atoms with E-state index in [1.165, 1.54) is 0 Å². The van der Waals surface area contributed by atoms with E-state index in [1.807, 2.05) is 13.8 Å². The van der Waals surface area contributed by atoms with Crippen LogP contribution in [0.3, 0.4) is 0 Å². The average molecular weight is 304 g/mol. The molecule has 0 heterocycles. The molecule has 0 aliphatic heterocycles. The van der Waals surface area contributed by atoms with Gasteiger partial charge in [0, 0.05) is 6.04 Å². The molecule has 3 nitrogen and oxygen atoms in total. The van der Waals surface area contributed by atoms with Crippen LogP contribution in [0.1, 0.15) is 33.6 Å². The Labute approximate surface area is 124 Å². The Morgan fingerprint density at radius 1 is 1.32 bits per heavy atom. The molecule has 0 spiro atoms. The molecule has 0 aromatic heterocycles. The number of hydrogen-bond acceptors (Lipinski definition) is 2. The van der Waals surface area contributed by atoms with Crippen LogP contribution < -0.4 is 10.1 Å². The second-order valence-corrected chi connectivity index (χ2v) is 5.12. The van der Waals surface area contributed by atoms with Crippen molar-refractivity contribution in [3.63, 3.8) is 0 Å². The Hall–Kier alpha value is -0.930. The van der Waals surface area contributed by atoms with Crippen molar-refractivity contribution in [2.45, 2.75) is 45.8 Å². The summed E-state index contributed by atoms with van der Waals surface area (Å²) in [5.41, 5.74) is 0. The van der Waals surface area contributed by atoms with Crippen LogP contribution in [0.4, 0.5) is 0 Å². The second kappa shape index (κ2) is 7.61. The van der Waals surface area contributed by atoms with Crippen LogP contribution in [-0.2, 0) is 4.79 Å². The number of carbonyl (C=O) groups excluding carboxylic acids is 1. The normalized spacial score (nSPS) is 12.3. The summed E-state index contributed by atoms with van der Waals surface area (Å²) >= 11 is 11.9. The maximum absolute atomic E-state index is 12.0. The first kappa shape index (κ1) is 16.1. The standard InChI is InChI=1S/C14H19Cl2NO2/c1-4-10(5-2)17-14(18)9(3)19-12-8-6-7-11(15)13(12)16/h6-10H,4-5H2,1-3H3,(H,17,18). The molecule has 106 valence electrons. The molecular weight excluding hydrogens is 285 g/mol. The SMILES string of the molecule is CCC(CC)NC(=O)C(C)Oc1cccc(Cl)c1Cl. The van der Waals surface area contributed by atoms with Crippen LogP contribution in [0.2, 0.25) is 10.0 Å². The lowest BCUT2D eigenvalue weighted by Crippen LogP contribution is -2.42. The molecule has 0 saturated carbocycles. The average Bonchev–Trinajstić information content (AvgIpc) is 2.40. The number of amides is 1. The van der Waals surface area contributed by atoms with E-state index in [1.54, 1.807) is 25.1 Å². The van der Waals surface area contributed by atoms with Crippen molar-refractivity contribution < 1.29 is 9.53 Å². The number of rotatable bonds is 6. The molecule has 1 amide bonds. The first-order valence-corrected chi connectivity index (χ1v) is 7.16. The van der Waals surface area contributed by atoms with Crippen LogP contribution in [0.25, 0.3) is 0 Å². The molecule has 5 heteroatoms. The third kappa shape index (κ3) is 4.59. The molecule has 0 saturated heterocycles. The van der Waals surface area contributed by atoms with Gasteiger partial charge in [0.15, 0.2) is 6.10 Å². The molecule has 1 aromatic rings. The third-order valence-electron chi connectivity index (χ3n) is 2.92. The van der Waals surface area contributed by atoms with Gasteiger partial charge >= 0.3 is 0 Å². The number of halogens is 2. The number of carbonyl (C=O) groups is 1. The Bertz CT molecular complexity index is 433. The van der Waals surface area contributed by atoms with Crippen LogP contribution in [-0.4, -0.2) is 18.1 Å². The smallest absolute Gasteiger partial charge is 0.260 e. The first-order chi connectivity index (χ1) is 8.99. The van der Waals surface area contributed by atoms with Crippen molar-refractivity contribution >= 4 is 29.1 Å². The zero-order valence-electron chi connectivity index (χ0n) is 11.4. The molecule has 0 bridgehead atoms. The van der Waals surface area contributed by atoms with Crippen LogP contribution in [0, 0.1) is 0 Å². The van der Waals surface area contributed by atoms with Crippen LogP contribution >= 0.6 is 23.2 Å². The van der Waals surface area contributed by atoms with Gasteiger partial charge in [-0.15, -0.1) is 0 Å². The minimum atomic E-state index is -0.614. The molecule has 1 unspecified atom stereocenters. The van der Waals surface area contributed by atoms with Gasteiger partial charge in [0.2, 0.25) is 0 Å². The number of benzene rings is 1. The van der Waals surface area contributed by atoms with E-state index in [0.717, 1.165) is 12.8 Å². The first-order valence-electron chi connectivity index (χ1n) is 6.40. The predicted molar refractivity (Wildman–Crippen MR) is 79.1 cm³/mol. The molecule has 0 aliphatic rings. The summed E-state index contributed by atoms with van der Waals surface area (Å²) in [5, 5.41) is 3.66. The van der Waals surface area contributed by atoms with Crippen molar-refractivity contribution in [2.24, 2.45) is 0 Å². The zero-order valence-corrected chi connectivity index (χ0v) is 12.9. The highest BCUT2D eigenvalue weighted by Gasteiger charge is 2.18. The lowest BCUT2D eigenvalue weighted by Gasteiger charge is -2.20. The highest BCUT2D eigenvalue weighted by atomic mass is 35.5. The Morgan fingerprint density at radius 3 is 2.53 bits per heavy atom. The maximum atomic E-state index is 12.0. The van der Waals surface area contributed by atoms with Gasteiger partial charge in [0.05, 0.1) is 5.02 Å². The van der Waals surface area contributed by atoms with E-state index in [9.17, 15) is 4.79 Å². The molecule has 1 aromatic carbocycles. The van der Waals surface area contributed by atoms with Gasteiger partial charge in [0.25, 0.3) is 5.91 Å². The van der Waals surface area contributed by atoms with E-state index in [0.29, 0.717) is 15.8 Å². The molecule has 1 N–H and O–H groups in total. The van der Waals surface area contributed by atoms with E-state index < -0.39 is 6.10 Å². The molecule has 0 radical (unpaired) electrons. The van der Waals surface area contributed by atoms with Gasteiger partial charge in [0.1, 0.15) is 10.8 Å². The largest absolute Gasteiger partial charge is 0.479 e. The fourth-order valence-electron chi connectivity index (χ4n) is 1.63. The van der Waals surface area contributed by atoms with Crippen molar-refractivity contribution in [1.82, 2.24) is 5.32 Å². The van der Waals surface area contributed by atoms with E-state index in [-0.39, 0.29) is 11.9 Å². The lowest BCUT2D eigenvalue weighted by molar-refractivity contribution is -0.128. The van der Waals surface area contributed by atoms with Gasteiger partial charge in [-0.3, -0.25) is 4.79 Å². The fraction of sp³-hybridized carbons (Fsp3) is 0.500.